The zero-order chi connectivity index (χ0) is 36.8. The number of aromatic nitrogens is 4. The van der Waals surface area contributed by atoms with Crippen LogP contribution >= 0.6 is 0 Å². The number of benzene rings is 3. The van der Waals surface area contributed by atoms with Crippen LogP contribution in [0, 0.1) is 17.7 Å². The predicted octanol–water partition coefficient (Wildman–Crippen LogP) is 5.55. The lowest BCUT2D eigenvalue weighted by atomic mass is 9.81. The summed E-state index contributed by atoms with van der Waals surface area (Å²) in [6, 6.07) is 16.9. The molecular weight excluding hydrogens is 667 g/mol. The maximum absolute atomic E-state index is 15.0. The number of ether oxygens (including phenoxy) is 1. The zero-order valence-corrected chi connectivity index (χ0v) is 29.4. The lowest BCUT2D eigenvalue weighted by Gasteiger charge is -2.29. The highest BCUT2D eigenvalue weighted by Gasteiger charge is 2.30. The number of halogens is 1. The molecule has 4 aromatic rings. The standard InChI is InChI=1S/C38H43FN8O5/c1-38(2,3)52-37(51)40-21-23-6-10-26(11-7-23)35(49)43-32(36(50)41-28-15-16-29(30(39)20-28)34-44-46-47-45-34)18-22-4-8-24(9-5-22)27-13-12-25-14-17-33(48)42-31(25)19-27/h4-5,8-9,12-13,15-16,19-20,23,26,32H,6-7,10-11,14,17-18,21H2,1-3H3,(H,40,51)(H,41,50)(H,42,48)(H,43,49)(H,44,45,46,47)/t23?,26?,32-/m0/s1. The van der Waals surface area contributed by atoms with Gasteiger partial charge in [-0.3, -0.25) is 14.4 Å². The molecule has 1 aromatic heterocycles. The largest absolute Gasteiger partial charge is 0.444 e. The maximum Gasteiger partial charge on any atom is 0.407 e. The quantitative estimate of drug-likeness (QED) is 0.142. The Hall–Kier alpha value is -5.66. The Balaban J connectivity index is 1.13. The van der Waals surface area contributed by atoms with Crippen LogP contribution in [0.15, 0.2) is 60.7 Å². The van der Waals surface area contributed by atoms with Crippen LogP contribution in [0.1, 0.15) is 64.0 Å². The van der Waals surface area contributed by atoms with Crippen LogP contribution in [0.4, 0.5) is 20.6 Å². The number of aryl methyl sites for hydroxylation is 1. The summed E-state index contributed by atoms with van der Waals surface area (Å²) in [5.74, 6) is -1.37. The van der Waals surface area contributed by atoms with E-state index in [4.69, 9.17) is 4.74 Å². The monoisotopic (exact) mass is 710 g/mol. The van der Waals surface area contributed by atoms with Crippen LogP contribution < -0.4 is 21.3 Å². The molecule has 0 saturated heterocycles. The Morgan fingerprint density at radius 1 is 0.962 bits per heavy atom. The number of H-pyrrole nitrogens is 1. The second-order valence-electron chi connectivity index (χ2n) is 14.4. The first-order valence-electron chi connectivity index (χ1n) is 17.5. The van der Waals surface area contributed by atoms with Gasteiger partial charge in [-0.25, -0.2) is 9.18 Å². The van der Waals surface area contributed by atoms with Crippen molar-refractivity contribution in [2.75, 3.05) is 17.2 Å². The minimum atomic E-state index is -0.955. The molecule has 3 aromatic carbocycles. The number of nitrogens with zero attached hydrogens (tertiary/aromatic N) is 3. The van der Waals surface area contributed by atoms with Gasteiger partial charge in [0.15, 0.2) is 0 Å². The average molecular weight is 711 g/mol. The molecule has 0 radical (unpaired) electrons. The van der Waals surface area contributed by atoms with Gasteiger partial charge < -0.3 is 26.0 Å². The van der Waals surface area contributed by atoms with E-state index in [-0.39, 0.29) is 47.1 Å². The molecule has 0 unspecified atom stereocenters. The predicted molar refractivity (Wildman–Crippen MR) is 192 cm³/mol. The molecule has 0 spiro atoms. The molecule has 13 nitrogen and oxygen atoms in total. The van der Waals surface area contributed by atoms with E-state index in [1.54, 1.807) is 0 Å². The Labute approximate surface area is 300 Å². The zero-order valence-electron chi connectivity index (χ0n) is 29.4. The van der Waals surface area contributed by atoms with E-state index in [1.165, 1.54) is 18.2 Å². The van der Waals surface area contributed by atoms with Crippen LogP contribution in [0.25, 0.3) is 22.5 Å². The van der Waals surface area contributed by atoms with Crippen molar-refractivity contribution < 1.29 is 28.3 Å². The third-order valence-corrected chi connectivity index (χ3v) is 9.34. The molecule has 1 aliphatic heterocycles. The van der Waals surface area contributed by atoms with E-state index in [9.17, 15) is 23.6 Å². The lowest BCUT2D eigenvalue weighted by molar-refractivity contribution is -0.130. The number of hydrogen-bond donors (Lipinski definition) is 5. The van der Waals surface area contributed by atoms with Gasteiger partial charge in [0, 0.05) is 36.7 Å². The average Bonchev–Trinajstić information content (AvgIpc) is 3.65. The first kappa shape index (κ1) is 36.1. The van der Waals surface area contributed by atoms with E-state index < -0.39 is 29.5 Å². The number of carbonyl (C=O) groups is 4. The number of amides is 4. The van der Waals surface area contributed by atoms with Crippen molar-refractivity contribution >= 4 is 35.2 Å². The molecule has 1 saturated carbocycles. The van der Waals surface area contributed by atoms with E-state index in [0.29, 0.717) is 32.2 Å². The van der Waals surface area contributed by atoms with Gasteiger partial charge in [-0.15, -0.1) is 10.2 Å². The summed E-state index contributed by atoms with van der Waals surface area (Å²) in [6.45, 7) is 5.89. The van der Waals surface area contributed by atoms with Crippen LogP contribution in [0.3, 0.4) is 0 Å². The van der Waals surface area contributed by atoms with E-state index in [0.717, 1.165) is 40.8 Å². The number of anilines is 2. The van der Waals surface area contributed by atoms with E-state index in [2.05, 4.69) is 41.9 Å². The van der Waals surface area contributed by atoms with Crippen molar-refractivity contribution in [3.8, 4) is 22.5 Å². The molecule has 1 atom stereocenters. The Morgan fingerprint density at radius 2 is 1.71 bits per heavy atom. The molecule has 0 bridgehead atoms. The van der Waals surface area contributed by atoms with Gasteiger partial charge in [0.05, 0.1) is 5.56 Å². The molecule has 1 aliphatic carbocycles. The second-order valence-corrected chi connectivity index (χ2v) is 14.4. The molecular formula is C38H43FN8O5. The van der Waals surface area contributed by atoms with Crippen molar-refractivity contribution in [1.82, 2.24) is 31.3 Å². The van der Waals surface area contributed by atoms with E-state index >= 15 is 0 Å². The van der Waals surface area contributed by atoms with Crippen LogP contribution in [-0.2, 0) is 32.0 Å². The fourth-order valence-corrected chi connectivity index (χ4v) is 6.57. The summed E-state index contributed by atoms with van der Waals surface area (Å²) in [5, 5.41) is 24.9. The Bertz CT molecular complexity index is 1920. The third-order valence-electron chi connectivity index (χ3n) is 9.34. The summed E-state index contributed by atoms with van der Waals surface area (Å²) < 4.78 is 20.3. The molecule has 5 N–H and O–H groups in total. The number of aromatic amines is 1. The first-order valence-corrected chi connectivity index (χ1v) is 17.5. The first-order chi connectivity index (χ1) is 24.9. The van der Waals surface area contributed by atoms with Gasteiger partial charge in [-0.05, 0) is 111 Å². The maximum atomic E-state index is 15.0. The fourth-order valence-electron chi connectivity index (χ4n) is 6.57. The molecule has 2 heterocycles. The molecule has 1 fully saturated rings. The molecule has 2 aliphatic rings. The number of alkyl carbamates (subject to hydrolysis) is 1. The van der Waals surface area contributed by atoms with E-state index in [1.807, 2.05) is 63.2 Å². The number of carbonyl (C=O) groups excluding carboxylic acids is 4. The van der Waals surface area contributed by atoms with Crippen molar-refractivity contribution in [3.63, 3.8) is 0 Å². The van der Waals surface area contributed by atoms with Gasteiger partial charge in [0.1, 0.15) is 17.5 Å². The summed E-state index contributed by atoms with van der Waals surface area (Å²) in [4.78, 5) is 51.4. The fraction of sp³-hybridized carbons (Fsp3) is 0.395. The Kier molecular flexibility index (Phi) is 10.9. The van der Waals surface area contributed by atoms with Crippen molar-refractivity contribution in [1.29, 1.82) is 0 Å². The molecule has 52 heavy (non-hydrogen) atoms. The number of nitrogens with one attached hydrogen (secondary N) is 5. The summed E-state index contributed by atoms with van der Waals surface area (Å²) in [7, 11) is 0. The smallest absolute Gasteiger partial charge is 0.407 e. The number of rotatable bonds is 10. The van der Waals surface area contributed by atoms with Crippen molar-refractivity contribution in [3.05, 3.63) is 77.6 Å². The Morgan fingerprint density at radius 3 is 2.40 bits per heavy atom. The molecule has 6 rings (SSSR count). The van der Waals surface area contributed by atoms with Crippen LogP contribution in [-0.4, -0.2) is 62.6 Å². The van der Waals surface area contributed by atoms with Crippen LogP contribution in [0.2, 0.25) is 0 Å². The van der Waals surface area contributed by atoms with Gasteiger partial charge >= 0.3 is 6.09 Å². The minimum Gasteiger partial charge on any atom is -0.444 e. The van der Waals surface area contributed by atoms with Crippen molar-refractivity contribution in [2.45, 2.75) is 77.4 Å². The highest BCUT2D eigenvalue weighted by molar-refractivity contribution is 5.98. The molecule has 4 amide bonds. The second kappa shape index (κ2) is 15.7. The molecule has 272 valence electrons. The highest BCUT2D eigenvalue weighted by atomic mass is 19.1. The van der Waals surface area contributed by atoms with Crippen LogP contribution in [0.5, 0.6) is 0 Å². The lowest BCUT2D eigenvalue weighted by Crippen LogP contribution is -2.48. The third kappa shape index (κ3) is 9.36. The topological polar surface area (TPSA) is 180 Å². The highest BCUT2D eigenvalue weighted by Crippen LogP contribution is 2.31. The SMILES string of the molecule is CC(C)(C)OC(=O)NCC1CCC(C(=O)N[C@@H](Cc2ccc(-c3ccc4c(c3)NC(=O)CC4)cc2)C(=O)Nc2ccc(-c3nn[nH]n3)c(F)c2)CC1. The number of hydrogen-bond acceptors (Lipinski definition) is 8. The summed E-state index contributed by atoms with van der Waals surface area (Å²) >= 11 is 0. The summed E-state index contributed by atoms with van der Waals surface area (Å²) in [5.41, 5.74) is 4.35. The van der Waals surface area contributed by atoms with Gasteiger partial charge in [-0.1, -0.05) is 36.4 Å². The van der Waals surface area contributed by atoms with Crippen molar-refractivity contribution in [2.24, 2.45) is 11.8 Å². The van der Waals surface area contributed by atoms with Gasteiger partial charge in [-0.2, -0.15) is 5.21 Å². The van der Waals surface area contributed by atoms with Gasteiger partial charge in [0.25, 0.3) is 0 Å². The van der Waals surface area contributed by atoms with Gasteiger partial charge in [0.2, 0.25) is 23.5 Å². The normalized spacial score (nSPS) is 17.7. The number of tetrazole rings is 1. The number of fused-ring (bicyclic) bond motifs is 1. The summed E-state index contributed by atoms with van der Waals surface area (Å²) in [6.07, 6.45) is 3.61. The minimum absolute atomic E-state index is 0.000252. The molecule has 14 heteroatoms.